The Bertz CT molecular complexity index is 1180. The highest BCUT2D eigenvalue weighted by molar-refractivity contribution is 5.97. The van der Waals surface area contributed by atoms with Crippen molar-refractivity contribution < 1.29 is 14.3 Å². The van der Waals surface area contributed by atoms with E-state index in [4.69, 9.17) is 4.74 Å². The van der Waals surface area contributed by atoms with E-state index < -0.39 is 0 Å². The number of hydrogen-bond donors (Lipinski definition) is 2. The third-order valence-electron chi connectivity index (χ3n) is 6.29. The summed E-state index contributed by atoms with van der Waals surface area (Å²) >= 11 is 0. The second-order valence-electron chi connectivity index (χ2n) is 8.78. The molecule has 6 nitrogen and oxygen atoms in total. The lowest BCUT2D eigenvalue weighted by molar-refractivity contribution is -0.117. The van der Waals surface area contributed by atoms with Gasteiger partial charge in [0, 0.05) is 42.3 Å². The first-order valence-electron chi connectivity index (χ1n) is 11.3. The predicted octanol–water partition coefficient (Wildman–Crippen LogP) is 4.47. The Morgan fingerprint density at radius 2 is 1.78 bits per heavy atom. The van der Waals surface area contributed by atoms with Gasteiger partial charge in [-0.1, -0.05) is 18.2 Å². The van der Waals surface area contributed by atoms with Crippen LogP contribution >= 0.6 is 0 Å². The van der Waals surface area contributed by atoms with Gasteiger partial charge in [-0.05, 0) is 78.9 Å². The van der Waals surface area contributed by atoms with Gasteiger partial charge in [-0.25, -0.2) is 4.98 Å². The van der Waals surface area contributed by atoms with Crippen LogP contribution in [0.3, 0.4) is 0 Å². The zero-order valence-corrected chi connectivity index (χ0v) is 18.2. The maximum atomic E-state index is 12.8. The third-order valence-corrected chi connectivity index (χ3v) is 6.29. The SMILES string of the molecule is Cc1ccc(C(=O)NC2CCOCC2)cc1-c1ccc2cc(NC(=O)C3CC3)ncc2c1. The molecule has 32 heavy (non-hydrogen) atoms. The van der Waals surface area contributed by atoms with E-state index in [0.29, 0.717) is 24.6 Å². The Labute approximate surface area is 187 Å². The van der Waals surface area contributed by atoms with Crippen molar-refractivity contribution in [3.63, 3.8) is 0 Å². The Kier molecular flexibility index (Phi) is 5.62. The molecule has 1 saturated carbocycles. The molecular weight excluding hydrogens is 402 g/mol. The predicted molar refractivity (Wildman–Crippen MR) is 125 cm³/mol. The largest absolute Gasteiger partial charge is 0.381 e. The van der Waals surface area contributed by atoms with E-state index in [1.807, 2.05) is 30.3 Å². The van der Waals surface area contributed by atoms with E-state index in [1.165, 1.54) is 0 Å². The molecule has 0 radical (unpaired) electrons. The van der Waals surface area contributed by atoms with Crippen LogP contribution in [0, 0.1) is 12.8 Å². The number of fused-ring (bicyclic) bond motifs is 1. The summed E-state index contributed by atoms with van der Waals surface area (Å²) in [5, 5.41) is 8.04. The maximum absolute atomic E-state index is 12.8. The van der Waals surface area contributed by atoms with Crippen molar-refractivity contribution in [1.29, 1.82) is 0 Å². The summed E-state index contributed by atoms with van der Waals surface area (Å²) in [5.74, 6) is 0.746. The average Bonchev–Trinajstić information content (AvgIpc) is 3.65. The molecule has 1 aliphatic heterocycles. The summed E-state index contributed by atoms with van der Waals surface area (Å²) in [7, 11) is 0. The Hall–Kier alpha value is -3.25. The number of anilines is 1. The van der Waals surface area contributed by atoms with Crippen LogP contribution in [0.25, 0.3) is 21.9 Å². The summed E-state index contributed by atoms with van der Waals surface area (Å²) in [4.78, 5) is 29.2. The van der Waals surface area contributed by atoms with Crippen LogP contribution in [0.4, 0.5) is 5.82 Å². The second-order valence-corrected chi connectivity index (χ2v) is 8.78. The number of rotatable bonds is 5. The third kappa shape index (κ3) is 4.50. The molecule has 2 aliphatic rings. The summed E-state index contributed by atoms with van der Waals surface area (Å²) < 4.78 is 5.38. The monoisotopic (exact) mass is 429 g/mol. The van der Waals surface area contributed by atoms with Crippen LogP contribution in [0.5, 0.6) is 0 Å². The summed E-state index contributed by atoms with van der Waals surface area (Å²) in [6.07, 6.45) is 5.43. The molecule has 6 heteroatoms. The molecule has 164 valence electrons. The first kappa shape index (κ1) is 20.6. The van der Waals surface area contributed by atoms with Gasteiger partial charge in [0.15, 0.2) is 0 Å². The molecule has 5 rings (SSSR count). The van der Waals surface area contributed by atoms with Gasteiger partial charge in [0.1, 0.15) is 5.82 Å². The van der Waals surface area contributed by atoms with Crippen molar-refractivity contribution in [3.8, 4) is 11.1 Å². The van der Waals surface area contributed by atoms with Crippen molar-refractivity contribution in [2.24, 2.45) is 5.92 Å². The Morgan fingerprint density at radius 1 is 0.969 bits per heavy atom. The molecular formula is C26H27N3O3. The van der Waals surface area contributed by atoms with Gasteiger partial charge >= 0.3 is 0 Å². The Balaban J connectivity index is 1.38. The highest BCUT2D eigenvalue weighted by atomic mass is 16.5. The standard InChI is InChI=1S/C26H27N3O3/c1-16-2-3-20(26(31)28-22-8-10-32-11-9-22)13-23(16)19-7-6-18-14-24(27-15-21(18)12-19)29-25(30)17-4-5-17/h2-3,6-7,12-15,17,22H,4-5,8-11H2,1H3,(H,28,31)(H,27,29,30). The Morgan fingerprint density at radius 3 is 2.56 bits per heavy atom. The molecule has 1 saturated heterocycles. The molecule has 0 unspecified atom stereocenters. The van der Waals surface area contributed by atoms with E-state index in [2.05, 4.69) is 34.7 Å². The van der Waals surface area contributed by atoms with E-state index >= 15 is 0 Å². The second kappa shape index (κ2) is 8.71. The smallest absolute Gasteiger partial charge is 0.251 e. The first-order chi connectivity index (χ1) is 15.6. The van der Waals surface area contributed by atoms with Crippen LogP contribution in [-0.4, -0.2) is 36.1 Å². The number of nitrogens with zero attached hydrogens (tertiary/aromatic N) is 1. The fraction of sp³-hybridized carbons (Fsp3) is 0.346. The lowest BCUT2D eigenvalue weighted by Crippen LogP contribution is -2.38. The van der Waals surface area contributed by atoms with Gasteiger partial charge in [-0.15, -0.1) is 0 Å². The van der Waals surface area contributed by atoms with Gasteiger partial charge in [-0.3, -0.25) is 9.59 Å². The van der Waals surface area contributed by atoms with Gasteiger partial charge < -0.3 is 15.4 Å². The number of pyridine rings is 1. The average molecular weight is 430 g/mol. The number of ether oxygens (including phenoxy) is 1. The minimum Gasteiger partial charge on any atom is -0.381 e. The van der Waals surface area contributed by atoms with Crippen molar-refractivity contribution >= 4 is 28.4 Å². The van der Waals surface area contributed by atoms with Crippen molar-refractivity contribution in [1.82, 2.24) is 10.3 Å². The molecule has 3 aromatic rings. The molecule has 2 N–H and O–H groups in total. The minimum absolute atomic E-state index is 0.0448. The number of carbonyl (C=O) groups is 2. The zero-order valence-electron chi connectivity index (χ0n) is 18.2. The summed E-state index contributed by atoms with van der Waals surface area (Å²) in [6, 6.07) is 14.1. The summed E-state index contributed by atoms with van der Waals surface area (Å²) in [5.41, 5.74) is 3.83. The molecule has 2 fully saturated rings. The van der Waals surface area contributed by atoms with Gasteiger partial charge in [0.25, 0.3) is 5.91 Å². The number of nitrogens with one attached hydrogen (secondary N) is 2. The molecule has 1 aliphatic carbocycles. The number of aryl methyl sites for hydroxylation is 1. The number of benzene rings is 2. The molecule has 1 aromatic heterocycles. The first-order valence-corrected chi connectivity index (χ1v) is 11.3. The quantitative estimate of drug-likeness (QED) is 0.627. The molecule has 0 bridgehead atoms. The van der Waals surface area contributed by atoms with Crippen LogP contribution in [0.1, 0.15) is 41.6 Å². The maximum Gasteiger partial charge on any atom is 0.251 e. The van der Waals surface area contributed by atoms with Gasteiger partial charge in [-0.2, -0.15) is 0 Å². The van der Waals surface area contributed by atoms with Crippen LogP contribution in [0.2, 0.25) is 0 Å². The van der Waals surface area contributed by atoms with Gasteiger partial charge in [0.05, 0.1) is 0 Å². The molecule has 0 spiro atoms. The molecule has 2 heterocycles. The lowest BCUT2D eigenvalue weighted by Gasteiger charge is -2.23. The van der Waals surface area contributed by atoms with Crippen LogP contribution in [-0.2, 0) is 9.53 Å². The van der Waals surface area contributed by atoms with Gasteiger partial charge in [0.2, 0.25) is 5.91 Å². The number of aromatic nitrogens is 1. The van der Waals surface area contributed by atoms with Crippen molar-refractivity contribution in [3.05, 3.63) is 59.8 Å². The summed E-state index contributed by atoms with van der Waals surface area (Å²) in [6.45, 7) is 3.44. The normalized spacial score (nSPS) is 16.7. The van der Waals surface area contributed by atoms with E-state index in [-0.39, 0.29) is 23.8 Å². The minimum atomic E-state index is -0.0448. The lowest BCUT2D eigenvalue weighted by atomic mass is 9.96. The molecule has 2 amide bonds. The topological polar surface area (TPSA) is 80.3 Å². The van der Waals surface area contributed by atoms with E-state index in [0.717, 1.165) is 53.1 Å². The molecule has 2 aromatic carbocycles. The number of hydrogen-bond acceptors (Lipinski definition) is 4. The van der Waals surface area contributed by atoms with E-state index in [9.17, 15) is 9.59 Å². The zero-order chi connectivity index (χ0) is 22.1. The molecule has 0 atom stereocenters. The fourth-order valence-electron chi connectivity index (χ4n) is 4.14. The van der Waals surface area contributed by atoms with Crippen molar-refractivity contribution in [2.75, 3.05) is 18.5 Å². The van der Waals surface area contributed by atoms with E-state index in [1.54, 1.807) is 6.20 Å². The highest BCUT2D eigenvalue weighted by Crippen LogP contribution is 2.31. The van der Waals surface area contributed by atoms with Crippen molar-refractivity contribution in [2.45, 2.75) is 38.6 Å². The highest BCUT2D eigenvalue weighted by Gasteiger charge is 2.29. The van der Waals surface area contributed by atoms with Crippen LogP contribution < -0.4 is 10.6 Å². The number of carbonyl (C=O) groups excluding carboxylic acids is 2. The fourth-order valence-corrected chi connectivity index (χ4v) is 4.14. The number of amides is 2. The van der Waals surface area contributed by atoms with Crippen LogP contribution in [0.15, 0.2) is 48.7 Å².